The number of hydrogen-bond acceptors (Lipinski definition) is 5. The van der Waals surface area contributed by atoms with E-state index in [4.69, 9.17) is 18.9 Å². The molecule has 0 N–H and O–H groups in total. The quantitative estimate of drug-likeness (QED) is 0.744. The second kappa shape index (κ2) is 8.35. The molecule has 1 aromatic carbocycles. The third-order valence-electron chi connectivity index (χ3n) is 4.35. The maximum atomic E-state index is 12.7. The van der Waals surface area contributed by atoms with Crippen molar-refractivity contribution in [1.29, 1.82) is 0 Å². The smallest absolute Gasteiger partial charge is 0.254 e. The first-order valence-electron chi connectivity index (χ1n) is 8.53. The summed E-state index contributed by atoms with van der Waals surface area (Å²) in [6.07, 6.45) is 1.83. The molecule has 2 aliphatic rings. The Morgan fingerprint density at radius 1 is 1.25 bits per heavy atom. The van der Waals surface area contributed by atoms with E-state index in [1.54, 1.807) is 13.2 Å². The maximum absolute atomic E-state index is 12.7. The lowest BCUT2D eigenvalue weighted by Crippen LogP contribution is -2.29. The van der Waals surface area contributed by atoms with Gasteiger partial charge in [-0.1, -0.05) is 0 Å². The van der Waals surface area contributed by atoms with Crippen LogP contribution in [0.5, 0.6) is 11.5 Å². The summed E-state index contributed by atoms with van der Waals surface area (Å²) < 4.78 is 21.8. The summed E-state index contributed by atoms with van der Waals surface area (Å²) in [4.78, 5) is 14.6. The van der Waals surface area contributed by atoms with Gasteiger partial charge in [-0.3, -0.25) is 4.79 Å². The van der Waals surface area contributed by atoms with Crippen LogP contribution in [0.15, 0.2) is 18.2 Å². The highest BCUT2D eigenvalue weighted by Crippen LogP contribution is 2.31. The summed E-state index contributed by atoms with van der Waals surface area (Å²) in [5.74, 6) is 1.82. The maximum Gasteiger partial charge on any atom is 0.254 e. The zero-order valence-corrected chi connectivity index (χ0v) is 14.2. The van der Waals surface area contributed by atoms with Crippen molar-refractivity contribution in [2.45, 2.75) is 12.8 Å². The topological polar surface area (TPSA) is 57.2 Å². The largest absolute Gasteiger partial charge is 0.490 e. The number of ether oxygens (including phenoxy) is 4. The van der Waals surface area contributed by atoms with Crippen molar-refractivity contribution in [1.82, 2.24) is 4.90 Å². The van der Waals surface area contributed by atoms with Crippen LogP contribution in [0.3, 0.4) is 0 Å². The Morgan fingerprint density at radius 2 is 2.08 bits per heavy atom. The Bertz CT molecular complexity index is 562. The van der Waals surface area contributed by atoms with Crippen LogP contribution in [0, 0.1) is 5.92 Å². The van der Waals surface area contributed by atoms with Gasteiger partial charge in [0.25, 0.3) is 5.91 Å². The molecule has 3 rings (SSSR count). The second-order valence-corrected chi connectivity index (χ2v) is 6.19. The highest BCUT2D eigenvalue weighted by molar-refractivity contribution is 5.95. The Morgan fingerprint density at radius 3 is 2.92 bits per heavy atom. The Balaban J connectivity index is 1.56. The van der Waals surface area contributed by atoms with Gasteiger partial charge in [-0.15, -0.1) is 0 Å². The van der Waals surface area contributed by atoms with Crippen molar-refractivity contribution < 1.29 is 23.7 Å². The van der Waals surface area contributed by atoms with E-state index in [-0.39, 0.29) is 5.91 Å². The first kappa shape index (κ1) is 17.0. The van der Waals surface area contributed by atoms with E-state index in [1.165, 1.54) is 0 Å². The molecule has 1 fully saturated rings. The molecule has 0 aliphatic carbocycles. The molecule has 1 unspecified atom stereocenters. The number of benzene rings is 1. The summed E-state index contributed by atoms with van der Waals surface area (Å²) >= 11 is 0. The Kier molecular flexibility index (Phi) is 5.93. The summed E-state index contributed by atoms with van der Waals surface area (Å²) in [6, 6.07) is 5.44. The molecule has 2 aliphatic heterocycles. The third-order valence-corrected chi connectivity index (χ3v) is 4.35. The zero-order valence-electron chi connectivity index (χ0n) is 14.2. The molecule has 0 saturated carbocycles. The minimum Gasteiger partial charge on any atom is -0.490 e. The molecule has 132 valence electrons. The van der Waals surface area contributed by atoms with Crippen molar-refractivity contribution in [3.8, 4) is 11.5 Å². The molecule has 1 aromatic rings. The van der Waals surface area contributed by atoms with Crippen molar-refractivity contribution in [2.24, 2.45) is 5.92 Å². The molecular weight excluding hydrogens is 310 g/mol. The van der Waals surface area contributed by atoms with Gasteiger partial charge >= 0.3 is 0 Å². The minimum atomic E-state index is 0.0463. The van der Waals surface area contributed by atoms with Crippen LogP contribution >= 0.6 is 0 Å². The fourth-order valence-corrected chi connectivity index (χ4v) is 3.02. The molecule has 0 spiro atoms. The predicted molar refractivity (Wildman–Crippen MR) is 88.8 cm³/mol. The van der Waals surface area contributed by atoms with Crippen LogP contribution in [0.25, 0.3) is 0 Å². The van der Waals surface area contributed by atoms with Gasteiger partial charge in [-0.25, -0.2) is 0 Å². The fraction of sp³-hybridized carbons (Fsp3) is 0.611. The average Bonchev–Trinajstić information content (AvgIpc) is 2.95. The average molecular weight is 335 g/mol. The third kappa shape index (κ3) is 4.19. The van der Waals surface area contributed by atoms with Crippen molar-refractivity contribution in [3.63, 3.8) is 0 Å². The fourth-order valence-electron chi connectivity index (χ4n) is 3.02. The van der Waals surface area contributed by atoms with Gasteiger partial charge in [0.2, 0.25) is 0 Å². The SMILES string of the molecule is COCCOCC1CCN(C(=O)c2ccc3c(c2)OCCCO3)C1. The second-order valence-electron chi connectivity index (χ2n) is 6.19. The van der Waals surface area contributed by atoms with Gasteiger partial charge in [0.1, 0.15) is 0 Å². The molecule has 0 bridgehead atoms. The number of amides is 1. The van der Waals surface area contributed by atoms with Crippen LogP contribution in [-0.4, -0.2) is 64.0 Å². The number of methoxy groups -OCH3 is 1. The monoisotopic (exact) mass is 335 g/mol. The number of hydrogen-bond donors (Lipinski definition) is 0. The van der Waals surface area contributed by atoms with Crippen LogP contribution in [-0.2, 0) is 9.47 Å². The lowest BCUT2D eigenvalue weighted by Gasteiger charge is -2.17. The number of fused-ring (bicyclic) bond motifs is 1. The summed E-state index contributed by atoms with van der Waals surface area (Å²) in [6.45, 7) is 4.65. The molecule has 1 saturated heterocycles. The summed E-state index contributed by atoms with van der Waals surface area (Å²) in [7, 11) is 1.66. The minimum absolute atomic E-state index is 0.0463. The molecule has 1 atom stereocenters. The number of nitrogens with zero attached hydrogens (tertiary/aromatic N) is 1. The van der Waals surface area contributed by atoms with Gasteiger partial charge in [0.05, 0.1) is 33.0 Å². The van der Waals surface area contributed by atoms with Gasteiger partial charge in [-0.05, 0) is 24.6 Å². The lowest BCUT2D eigenvalue weighted by molar-refractivity contribution is 0.0515. The number of likely N-dealkylation sites (tertiary alicyclic amines) is 1. The predicted octanol–water partition coefficient (Wildman–Crippen LogP) is 1.97. The van der Waals surface area contributed by atoms with Crippen LogP contribution < -0.4 is 9.47 Å². The molecule has 6 heteroatoms. The number of carbonyl (C=O) groups is 1. The van der Waals surface area contributed by atoms with Crippen molar-refractivity contribution in [2.75, 3.05) is 53.2 Å². The molecule has 0 aromatic heterocycles. The van der Waals surface area contributed by atoms with E-state index in [9.17, 15) is 4.79 Å². The van der Waals surface area contributed by atoms with E-state index in [1.807, 2.05) is 17.0 Å². The van der Waals surface area contributed by atoms with Gasteiger partial charge in [0, 0.05) is 38.1 Å². The summed E-state index contributed by atoms with van der Waals surface area (Å²) in [5, 5.41) is 0. The van der Waals surface area contributed by atoms with Crippen LogP contribution in [0.4, 0.5) is 0 Å². The first-order chi connectivity index (χ1) is 11.8. The van der Waals surface area contributed by atoms with Gasteiger partial charge in [-0.2, -0.15) is 0 Å². The van der Waals surface area contributed by atoms with Crippen molar-refractivity contribution >= 4 is 5.91 Å². The highest BCUT2D eigenvalue weighted by Gasteiger charge is 2.27. The van der Waals surface area contributed by atoms with Crippen LogP contribution in [0.2, 0.25) is 0 Å². The number of rotatable bonds is 6. The van der Waals surface area contributed by atoms with Crippen LogP contribution in [0.1, 0.15) is 23.2 Å². The molecule has 0 radical (unpaired) electrons. The van der Waals surface area contributed by atoms with E-state index in [2.05, 4.69) is 0 Å². The highest BCUT2D eigenvalue weighted by atomic mass is 16.5. The molecule has 2 heterocycles. The van der Waals surface area contributed by atoms with E-state index in [0.717, 1.165) is 31.7 Å². The first-order valence-corrected chi connectivity index (χ1v) is 8.53. The Hall–Kier alpha value is -1.79. The van der Waals surface area contributed by atoms with Gasteiger partial charge in [0.15, 0.2) is 11.5 Å². The summed E-state index contributed by atoms with van der Waals surface area (Å²) in [5.41, 5.74) is 0.653. The molecule has 6 nitrogen and oxygen atoms in total. The van der Waals surface area contributed by atoms with Gasteiger partial charge < -0.3 is 23.8 Å². The molecular formula is C18H25NO5. The zero-order chi connectivity index (χ0) is 16.8. The molecule has 24 heavy (non-hydrogen) atoms. The normalized spacial score (nSPS) is 20.0. The Labute approximate surface area is 142 Å². The van der Waals surface area contributed by atoms with E-state index >= 15 is 0 Å². The lowest BCUT2D eigenvalue weighted by atomic mass is 10.1. The number of carbonyl (C=O) groups excluding carboxylic acids is 1. The van der Waals surface area contributed by atoms with E-state index in [0.29, 0.717) is 50.3 Å². The standard InChI is InChI=1S/C18H25NO5/c1-21-9-10-22-13-14-5-6-19(12-14)18(20)15-3-4-16-17(11-15)24-8-2-7-23-16/h3-4,11,14H,2,5-10,12-13H2,1H3. The van der Waals surface area contributed by atoms with E-state index < -0.39 is 0 Å². The molecule has 1 amide bonds. The van der Waals surface area contributed by atoms with Crippen molar-refractivity contribution in [3.05, 3.63) is 23.8 Å².